The number of ether oxygens (including phenoxy) is 1. The molecule has 8 nitrogen and oxygen atoms in total. The lowest BCUT2D eigenvalue weighted by molar-refractivity contribution is -0.114. The van der Waals surface area contributed by atoms with E-state index < -0.39 is 11.9 Å². The summed E-state index contributed by atoms with van der Waals surface area (Å²) in [7, 11) is 1.28. The van der Waals surface area contributed by atoms with E-state index in [1.54, 1.807) is 31.2 Å². The number of aromatic nitrogens is 1. The molecule has 0 aliphatic rings. The quantitative estimate of drug-likeness (QED) is 0.421. The van der Waals surface area contributed by atoms with Crippen LogP contribution in [0.1, 0.15) is 33.4 Å². The highest BCUT2D eigenvalue weighted by Gasteiger charge is 2.29. The van der Waals surface area contributed by atoms with Gasteiger partial charge in [0, 0.05) is 18.2 Å². The normalized spacial score (nSPS) is 10.7. The average molecular weight is 449 g/mol. The van der Waals surface area contributed by atoms with Gasteiger partial charge in [-0.3, -0.25) is 14.9 Å². The Morgan fingerprint density at radius 1 is 1.06 bits per heavy atom. The number of anilines is 2. The van der Waals surface area contributed by atoms with Gasteiger partial charge in [0.1, 0.15) is 16.3 Å². The molecule has 4 rings (SSSR count). The summed E-state index contributed by atoms with van der Waals surface area (Å²) in [5.41, 5.74) is 2.13. The predicted octanol–water partition coefficient (Wildman–Crippen LogP) is 4.86. The third-order valence-corrected chi connectivity index (χ3v) is 5.71. The highest BCUT2D eigenvalue weighted by atomic mass is 32.1. The van der Waals surface area contributed by atoms with Crippen molar-refractivity contribution in [2.45, 2.75) is 13.8 Å². The van der Waals surface area contributed by atoms with Crippen LogP contribution >= 0.6 is 11.3 Å². The molecule has 2 heterocycles. The van der Waals surface area contributed by atoms with Crippen LogP contribution in [0.5, 0.6) is 0 Å². The standard InChI is InChI=1S/C23H19N3O5S/c1-12-18(23(29)30-3)19(22-25-16-9-4-5-10-17(16)32-22)21(31-12)26-20(28)14-7-6-8-15(11-14)24-13(2)27/h4-11H,1-3H3,(H,24,27)(H,26,28). The fourth-order valence-corrected chi connectivity index (χ4v) is 4.29. The molecule has 2 N–H and O–H groups in total. The Kier molecular flexibility index (Phi) is 5.74. The van der Waals surface area contributed by atoms with Crippen LogP contribution in [0.3, 0.4) is 0 Å². The first-order chi connectivity index (χ1) is 15.4. The molecule has 0 spiro atoms. The van der Waals surface area contributed by atoms with Crippen LogP contribution in [0.2, 0.25) is 0 Å². The van der Waals surface area contributed by atoms with Crippen LogP contribution < -0.4 is 10.6 Å². The zero-order valence-corrected chi connectivity index (χ0v) is 18.3. The largest absolute Gasteiger partial charge is 0.465 e. The van der Waals surface area contributed by atoms with Crippen LogP contribution in [-0.2, 0) is 9.53 Å². The molecule has 0 fully saturated rings. The van der Waals surface area contributed by atoms with Gasteiger partial charge in [0.25, 0.3) is 5.91 Å². The van der Waals surface area contributed by atoms with E-state index in [0.29, 0.717) is 27.6 Å². The number of nitrogens with one attached hydrogen (secondary N) is 2. The third kappa shape index (κ3) is 4.10. The number of carbonyl (C=O) groups is 3. The van der Waals surface area contributed by atoms with Gasteiger partial charge in [-0.05, 0) is 37.3 Å². The lowest BCUT2D eigenvalue weighted by Crippen LogP contribution is -2.13. The second-order valence-corrected chi connectivity index (χ2v) is 7.96. The minimum atomic E-state index is -0.589. The lowest BCUT2D eigenvalue weighted by atomic mass is 10.1. The van der Waals surface area contributed by atoms with E-state index in [9.17, 15) is 14.4 Å². The van der Waals surface area contributed by atoms with Crippen molar-refractivity contribution in [1.29, 1.82) is 0 Å². The second kappa shape index (κ2) is 8.64. The molecule has 0 aliphatic heterocycles. The van der Waals surface area contributed by atoms with Gasteiger partial charge in [0.15, 0.2) is 0 Å². The number of nitrogens with zero attached hydrogens (tertiary/aromatic N) is 1. The van der Waals surface area contributed by atoms with Crippen molar-refractivity contribution < 1.29 is 23.5 Å². The SMILES string of the molecule is COC(=O)c1c(C)oc(NC(=O)c2cccc(NC(C)=O)c2)c1-c1nc2ccccc2s1. The minimum absolute atomic E-state index is 0.0943. The summed E-state index contributed by atoms with van der Waals surface area (Å²) in [5.74, 6) is -0.909. The maximum absolute atomic E-state index is 13.0. The Labute approximate surface area is 187 Å². The van der Waals surface area contributed by atoms with Crippen molar-refractivity contribution in [3.63, 3.8) is 0 Å². The molecule has 0 aliphatic carbocycles. The van der Waals surface area contributed by atoms with E-state index >= 15 is 0 Å². The number of fused-ring (bicyclic) bond motifs is 1. The Hall–Kier alpha value is -3.98. The van der Waals surface area contributed by atoms with E-state index in [4.69, 9.17) is 9.15 Å². The van der Waals surface area contributed by atoms with Gasteiger partial charge in [-0.2, -0.15) is 0 Å². The smallest absolute Gasteiger partial charge is 0.342 e. The number of thiazole rings is 1. The number of hydrogen-bond acceptors (Lipinski definition) is 7. The molecule has 2 aromatic carbocycles. The maximum atomic E-state index is 13.0. The number of rotatable bonds is 5. The molecule has 2 aromatic heterocycles. The van der Waals surface area contributed by atoms with Gasteiger partial charge in [0.05, 0.1) is 22.9 Å². The highest BCUT2D eigenvalue weighted by Crippen LogP contribution is 2.40. The number of amides is 2. The van der Waals surface area contributed by atoms with E-state index in [1.165, 1.54) is 25.4 Å². The highest BCUT2D eigenvalue weighted by molar-refractivity contribution is 7.21. The van der Waals surface area contributed by atoms with E-state index in [1.807, 2.05) is 24.3 Å². The molecular weight excluding hydrogens is 430 g/mol. The molecule has 2 amide bonds. The van der Waals surface area contributed by atoms with E-state index in [2.05, 4.69) is 15.6 Å². The summed E-state index contributed by atoms with van der Waals surface area (Å²) in [5, 5.41) is 5.89. The number of aryl methyl sites for hydroxylation is 1. The molecule has 0 unspecified atom stereocenters. The number of carbonyl (C=O) groups excluding carboxylic acids is 3. The van der Waals surface area contributed by atoms with Crippen molar-refractivity contribution in [2.75, 3.05) is 17.7 Å². The van der Waals surface area contributed by atoms with E-state index in [-0.39, 0.29) is 17.4 Å². The fourth-order valence-electron chi connectivity index (χ4n) is 3.28. The van der Waals surface area contributed by atoms with E-state index in [0.717, 1.165) is 10.2 Å². The number of para-hydroxylation sites is 1. The molecule has 0 saturated carbocycles. The van der Waals surface area contributed by atoms with Gasteiger partial charge in [0.2, 0.25) is 11.8 Å². The van der Waals surface area contributed by atoms with Crippen molar-refractivity contribution in [3.05, 3.63) is 65.4 Å². The molecule has 0 radical (unpaired) electrons. The first kappa shape index (κ1) is 21.3. The molecule has 32 heavy (non-hydrogen) atoms. The van der Waals surface area contributed by atoms with Crippen molar-refractivity contribution in [1.82, 2.24) is 4.98 Å². The van der Waals surface area contributed by atoms with Crippen molar-refractivity contribution in [3.8, 4) is 10.6 Å². The summed E-state index contributed by atoms with van der Waals surface area (Å²) in [6.45, 7) is 3.01. The van der Waals surface area contributed by atoms with Crippen LogP contribution in [0.15, 0.2) is 52.9 Å². The molecule has 162 valence electrons. The summed E-state index contributed by atoms with van der Waals surface area (Å²) in [6, 6.07) is 14.0. The number of hydrogen-bond donors (Lipinski definition) is 2. The summed E-state index contributed by atoms with van der Waals surface area (Å²) in [6.07, 6.45) is 0. The number of furan rings is 1. The molecule has 4 aromatic rings. The fraction of sp³-hybridized carbons (Fsp3) is 0.130. The first-order valence-corrected chi connectivity index (χ1v) is 10.5. The van der Waals surface area contributed by atoms with Gasteiger partial charge >= 0.3 is 5.97 Å². The summed E-state index contributed by atoms with van der Waals surface area (Å²) in [4.78, 5) is 41.4. The topological polar surface area (TPSA) is 111 Å². The van der Waals surface area contributed by atoms with Crippen molar-refractivity contribution >= 4 is 50.9 Å². The molecule has 9 heteroatoms. The Morgan fingerprint density at radius 3 is 2.56 bits per heavy atom. The minimum Gasteiger partial charge on any atom is -0.465 e. The molecule has 0 bridgehead atoms. The zero-order chi connectivity index (χ0) is 22.8. The number of benzene rings is 2. The van der Waals surface area contributed by atoms with Crippen molar-refractivity contribution in [2.24, 2.45) is 0 Å². The predicted molar refractivity (Wildman–Crippen MR) is 122 cm³/mol. The van der Waals surface area contributed by atoms with Gasteiger partial charge in [-0.15, -0.1) is 11.3 Å². The number of esters is 1. The molecule has 0 atom stereocenters. The van der Waals surface area contributed by atoms with Crippen LogP contribution in [-0.4, -0.2) is 29.9 Å². The summed E-state index contributed by atoms with van der Waals surface area (Å²) < 4.78 is 11.6. The Bertz CT molecular complexity index is 1320. The zero-order valence-electron chi connectivity index (χ0n) is 17.5. The summed E-state index contributed by atoms with van der Waals surface area (Å²) >= 11 is 1.37. The molecular formula is C23H19N3O5S. The second-order valence-electron chi connectivity index (χ2n) is 6.93. The monoisotopic (exact) mass is 449 g/mol. The van der Waals surface area contributed by atoms with Crippen LogP contribution in [0.4, 0.5) is 11.6 Å². The Morgan fingerprint density at radius 2 is 1.84 bits per heavy atom. The van der Waals surface area contributed by atoms with Crippen LogP contribution in [0, 0.1) is 6.92 Å². The van der Waals surface area contributed by atoms with Crippen LogP contribution in [0.25, 0.3) is 20.8 Å². The maximum Gasteiger partial charge on any atom is 0.342 e. The Balaban J connectivity index is 1.77. The van der Waals surface area contributed by atoms with Gasteiger partial charge in [-0.1, -0.05) is 18.2 Å². The lowest BCUT2D eigenvalue weighted by Gasteiger charge is -2.07. The first-order valence-electron chi connectivity index (χ1n) is 9.64. The molecule has 0 saturated heterocycles. The van der Waals surface area contributed by atoms with Gasteiger partial charge < -0.3 is 14.5 Å². The average Bonchev–Trinajstić information content (AvgIpc) is 3.33. The van der Waals surface area contributed by atoms with Gasteiger partial charge in [-0.25, -0.2) is 9.78 Å². The number of methoxy groups -OCH3 is 1. The third-order valence-electron chi connectivity index (χ3n) is 4.65.